The molecule has 0 atom stereocenters. The van der Waals surface area contributed by atoms with Crippen molar-refractivity contribution >= 4 is 17.3 Å². The van der Waals surface area contributed by atoms with Crippen LogP contribution in [0.4, 0.5) is 17.3 Å². The van der Waals surface area contributed by atoms with Crippen molar-refractivity contribution in [2.24, 2.45) is 5.92 Å². The van der Waals surface area contributed by atoms with Gasteiger partial charge in [0.05, 0.1) is 24.3 Å². The van der Waals surface area contributed by atoms with Crippen molar-refractivity contribution in [1.29, 1.82) is 5.26 Å². The largest absolute Gasteiger partial charge is 0.383 e. The second kappa shape index (κ2) is 7.66. The first kappa shape index (κ1) is 16.1. The van der Waals surface area contributed by atoms with E-state index in [1.54, 1.807) is 6.20 Å². The van der Waals surface area contributed by atoms with Crippen molar-refractivity contribution in [2.75, 3.05) is 37.3 Å². The highest BCUT2D eigenvalue weighted by molar-refractivity contribution is 5.56. The van der Waals surface area contributed by atoms with Crippen LogP contribution in [0.5, 0.6) is 0 Å². The fourth-order valence-electron chi connectivity index (χ4n) is 2.63. The van der Waals surface area contributed by atoms with E-state index in [1.807, 2.05) is 12.1 Å². The molecule has 0 saturated carbocycles. The quantitative estimate of drug-likeness (QED) is 0.855. The second-order valence-corrected chi connectivity index (χ2v) is 5.98. The summed E-state index contributed by atoms with van der Waals surface area (Å²) < 4.78 is 0. The van der Waals surface area contributed by atoms with E-state index in [9.17, 15) is 0 Å². The van der Waals surface area contributed by atoms with Crippen LogP contribution in [-0.4, -0.2) is 51.7 Å². The van der Waals surface area contributed by atoms with Crippen LogP contribution < -0.4 is 10.6 Å². The summed E-state index contributed by atoms with van der Waals surface area (Å²) in [7, 11) is 2.17. The maximum absolute atomic E-state index is 8.73. The molecule has 0 unspecified atom stereocenters. The van der Waals surface area contributed by atoms with Gasteiger partial charge >= 0.3 is 0 Å². The molecule has 0 radical (unpaired) electrons. The van der Waals surface area contributed by atoms with Gasteiger partial charge in [0.2, 0.25) is 0 Å². The number of likely N-dealkylation sites (tertiary alicyclic amines) is 1. The van der Waals surface area contributed by atoms with Crippen LogP contribution in [0, 0.1) is 17.2 Å². The van der Waals surface area contributed by atoms with Gasteiger partial charge in [0.1, 0.15) is 11.9 Å². The Morgan fingerprint density at radius 3 is 2.75 bits per heavy atom. The number of aromatic nitrogens is 4. The number of hydrogen-bond donors (Lipinski definition) is 2. The first-order valence-electron chi connectivity index (χ1n) is 7.97. The molecule has 2 aromatic heterocycles. The van der Waals surface area contributed by atoms with Crippen LogP contribution in [0.25, 0.3) is 0 Å². The van der Waals surface area contributed by atoms with Crippen molar-refractivity contribution in [3.05, 3.63) is 30.4 Å². The molecule has 1 aliphatic rings. The average Bonchev–Trinajstić information content (AvgIpc) is 2.62. The van der Waals surface area contributed by atoms with Crippen molar-refractivity contribution in [3.63, 3.8) is 0 Å². The minimum atomic E-state index is 0.278. The van der Waals surface area contributed by atoms with Gasteiger partial charge in [0, 0.05) is 12.6 Å². The summed E-state index contributed by atoms with van der Waals surface area (Å²) in [5, 5.41) is 23.2. The molecule has 0 spiro atoms. The number of nitrogens with zero attached hydrogens (tertiary/aromatic N) is 6. The third-order valence-corrected chi connectivity index (χ3v) is 4.11. The smallest absolute Gasteiger partial charge is 0.158 e. The zero-order valence-corrected chi connectivity index (χ0v) is 13.6. The van der Waals surface area contributed by atoms with Gasteiger partial charge in [-0.2, -0.15) is 10.4 Å². The summed E-state index contributed by atoms with van der Waals surface area (Å²) in [5.74, 6) is 1.80. The van der Waals surface area contributed by atoms with Crippen LogP contribution in [0.1, 0.15) is 18.5 Å². The Balaban J connectivity index is 1.56. The van der Waals surface area contributed by atoms with Crippen molar-refractivity contribution in [1.82, 2.24) is 25.1 Å². The van der Waals surface area contributed by atoms with E-state index in [-0.39, 0.29) is 5.69 Å². The Labute approximate surface area is 141 Å². The Kier molecular flexibility index (Phi) is 5.13. The molecule has 2 N–H and O–H groups in total. The number of anilines is 3. The Bertz CT molecular complexity index is 701. The highest BCUT2D eigenvalue weighted by Crippen LogP contribution is 2.18. The van der Waals surface area contributed by atoms with Gasteiger partial charge in [-0.1, -0.05) is 0 Å². The predicted octanol–water partition coefficient (Wildman–Crippen LogP) is 1.64. The summed E-state index contributed by atoms with van der Waals surface area (Å²) in [4.78, 5) is 10.4. The number of nitrogens with one attached hydrogen (secondary N) is 2. The lowest BCUT2D eigenvalue weighted by molar-refractivity contribution is 0.226. The molecule has 1 aliphatic heterocycles. The van der Waals surface area contributed by atoms with Crippen LogP contribution in [0.2, 0.25) is 0 Å². The fourth-order valence-corrected chi connectivity index (χ4v) is 2.63. The summed E-state index contributed by atoms with van der Waals surface area (Å²) in [5.41, 5.74) is 1.20. The monoisotopic (exact) mass is 324 g/mol. The number of nitriles is 1. The van der Waals surface area contributed by atoms with Gasteiger partial charge in [-0.05, 0) is 38.9 Å². The number of piperidine rings is 1. The lowest BCUT2D eigenvalue weighted by atomic mass is 9.97. The molecule has 2 aromatic rings. The lowest BCUT2D eigenvalue weighted by Crippen LogP contribution is -2.32. The van der Waals surface area contributed by atoms with Gasteiger partial charge in [-0.15, -0.1) is 5.10 Å². The minimum absolute atomic E-state index is 0.278. The zero-order valence-electron chi connectivity index (χ0n) is 13.6. The Morgan fingerprint density at radius 1 is 1.21 bits per heavy atom. The van der Waals surface area contributed by atoms with Gasteiger partial charge in [0.15, 0.2) is 11.5 Å². The maximum Gasteiger partial charge on any atom is 0.158 e. The van der Waals surface area contributed by atoms with Crippen LogP contribution in [0.3, 0.4) is 0 Å². The van der Waals surface area contributed by atoms with Crippen LogP contribution >= 0.6 is 0 Å². The van der Waals surface area contributed by atoms with E-state index < -0.39 is 0 Å². The lowest BCUT2D eigenvalue weighted by Gasteiger charge is -2.29. The number of hydrogen-bond acceptors (Lipinski definition) is 8. The molecule has 1 fully saturated rings. The van der Waals surface area contributed by atoms with E-state index in [1.165, 1.54) is 25.2 Å². The molecule has 124 valence electrons. The second-order valence-electron chi connectivity index (χ2n) is 5.98. The molecule has 8 heteroatoms. The standard InChI is InChI=1S/C16H20N8/c1-24-4-2-12(3-5-24)8-18-13-6-15(23-21-10-13)22-16-11-19-14(7-17)9-20-16/h6,9-12H,2-5,8H2,1H3,(H2,18,20,22,23). The predicted molar refractivity (Wildman–Crippen MR) is 90.8 cm³/mol. The van der Waals surface area contributed by atoms with Crippen molar-refractivity contribution in [2.45, 2.75) is 12.8 Å². The van der Waals surface area contributed by atoms with E-state index in [0.29, 0.717) is 17.6 Å². The Hall–Kier alpha value is -2.79. The van der Waals surface area contributed by atoms with E-state index in [2.05, 4.69) is 42.7 Å². The molecule has 3 rings (SSSR count). The number of rotatable bonds is 5. The molecule has 0 bridgehead atoms. The van der Waals surface area contributed by atoms with Gasteiger partial charge in [-0.3, -0.25) is 0 Å². The summed E-state index contributed by atoms with van der Waals surface area (Å²) in [6.07, 6.45) is 7.06. The van der Waals surface area contributed by atoms with E-state index in [4.69, 9.17) is 5.26 Å². The summed E-state index contributed by atoms with van der Waals surface area (Å²) in [6.45, 7) is 3.26. The average molecular weight is 324 g/mol. The summed E-state index contributed by atoms with van der Waals surface area (Å²) >= 11 is 0. The van der Waals surface area contributed by atoms with Gasteiger partial charge < -0.3 is 15.5 Å². The SMILES string of the molecule is CN1CCC(CNc2cnnc(Nc3cnc(C#N)cn3)c2)CC1. The van der Waals surface area contributed by atoms with E-state index >= 15 is 0 Å². The first-order chi connectivity index (χ1) is 11.7. The first-order valence-corrected chi connectivity index (χ1v) is 7.97. The van der Waals surface area contributed by atoms with Crippen LogP contribution in [0.15, 0.2) is 24.7 Å². The van der Waals surface area contributed by atoms with Crippen molar-refractivity contribution in [3.8, 4) is 6.07 Å². The zero-order chi connectivity index (χ0) is 16.8. The molecule has 24 heavy (non-hydrogen) atoms. The van der Waals surface area contributed by atoms with Gasteiger partial charge in [-0.25, -0.2) is 9.97 Å². The minimum Gasteiger partial charge on any atom is -0.383 e. The molecule has 1 saturated heterocycles. The normalized spacial score (nSPS) is 15.7. The third kappa shape index (κ3) is 4.36. The van der Waals surface area contributed by atoms with Crippen molar-refractivity contribution < 1.29 is 0 Å². The maximum atomic E-state index is 8.73. The molecule has 0 amide bonds. The van der Waals surface area contributed by atoms with Crippen LogP contribution in [-0.2, 0) is 0 Å². The Morgan fingerprint density at radius 2 is 2.04 bits per heavy atom. The highest BCUT2D eigenvalue weighted by Gasteiger charge is 2.16. The third-order valence-electron chi connectivity index (χ3n) is 4.11. The molecular formula is C16H20N8. The molecule has 8 nitrogen and oxygen atoms in total. The fraction of sp³-hybridized carbons (Fsp3) is 0.438. The van der Waals surface area contributed by atoms with Gasteiger partial charge in [0.25, 0.3) is 0 Å². The topological polar surface area (TPSA) is 103 Å². The highest BCUT2D eigenvalue weighted by atomic mass is 15.2. The molecule has 0 aromatic carbocycles. The molecule has 3 heterocycles. The molecular weight excluding hydrogens is 304 g/mol. The summed E-state index contributed by atoms with van der Waals surface area (Å²) in [6, 6.07) is 3.83. The van der Waals surface area contributed by atoms with E-state index in [0.717, 1.165) is 25.3 Å². The molecule has 0 aliphatic carbocycles.